The maximum absolute atomic E-state index is 13.4. The molecule has 6 heteroatoms. The van der Waals surface area contributed by atoms with Gasteiger partial charge in [-0.2, -0.15) is 0 Å². The fourth-order valence-electron chi connectivity index (χ4n) is 2.70. The van der Waals surface area contributed by atoms with Gasteiger partial charge in [-0.05, 0) is 55.9 Å². The van der Waals surface area contributed by atoms with Crippen LogP contribution in [-0.2, 0) is 6.54 Å². The third kappa shape index (κ3) is 5.52. The van der Waals surface area contributed by atoms with Crippen molar-refractivity contribution in [1.29, 1.82) is 0 Å². The molecule has 1 atom stereocenters. The van der Waals surface area contributed by atoms with E-state index >= 15 is 0 Å². The van der Waals surface area contributed by atoms with E-state index in [1.807, 2.05) is 20.2 Å². The molecule has 2 aromatic rings. The van der Waals surface area contributed by atoms with Gasteiger partial charge in [0.1, 0.15) is 11.6 Å². The standard InChI is InChI=1S/C20H26F2N4/c1-14-11-15(5-10-18(14)22)12-24-20(23-2)25-13-19(26(3)4)16-6-8-17(21)9-7-16/h5-11,19H,12-13H2,1-4H3,(H2,23,24,25). The van der Waals surface area contributed by atoms with Crippen molar-refractivity contribution in [2.24, 2.45) is 4.99 Å². The fourth-order valence-corrected chi connectivity index (χ4v) is 2.70. The Morgan fingerprint density at radius 2 is 1.77 bits per heavy atom. The summed E-state index contributed by atoms with van der Waals surface area (Å²) in [5, 5.41) is 6.51. The second-order valence-electron chi connectivity index (χ2n) is 6.42. The highest BCUT2D eigenvalue weighted by molar-refractivity contribution is 5.79. The average Bonchev–Trinajstić information content (AvgIpc) is 2.62. The van der Waals surface area contributed by atoms with Crippen molar-refractivity contribution in [3.8, 4) is 0 Å². The van der Waals surface area contributed by atoms with Crippen LogP contribution in [0.3, 0.4) is 0 Å². The Hall–Kier alpha value is -2.47. The number of halogens is 2. The average molecular weight is 360 g/mol. The molecule has 0 spiro atoms. The Kier molecular flexibility index (Phi) is 7.09. The summed E-state index contributed by atoms with van der Waals surface area (Å²) in [7, 11) is 5.66. The predicted molar refractivity (Wildman–Crippen MR) is 102 cm³/mol. The van der Waals surface area contributed by atoms with Crippen LogP contribution in [0.5, 0.6) is 0 Å². The number of nitrogens with one attached hydrogen (secondary N) is 2. The maximum Gasteiger partial charge on any atom is 0.191 e. The van der Waals surface area contributed by atoms with Crippen LogP contribution in [0.25, 0.3) is 0 Å². The van der Waals surface area contributed by atoms with Crippen LogP contribution in [0.1, 0.15) is 22.7 Å². The van der Waals surface area contributed by atoms with Crippen LogP contribution in [0.15, 0.2) is 47.5 Å². The van der Waals surface area contributed by atoms with Gasteiger partial charge < -0.3 is 15.5 Å². The molecule has 2 rings (SSSR count). The lowest BCUT2D eigenvalue weighted by atomic mass is 10.1. The van der Waals surface area contributed by atoms with E-state index in [-0.39, 0.29) is 17.7 Å². The molecule has 0 aliphatic heterocycles. The minimum Gasteiger partial charge on any atom is -0.354 e. The van der Waals surface area contributed by atoms with Gasteiger partial charge in [0.2, 0.25) is 0 Å². The number of likely N-dealkylation sites (N-methyl/N-ethyl adjacent to an activating group) is 1. The van der Waals surface area contributed by atoms with Crippen LogP contribution < -0.4 is 10.6 Å². The zero-order valence-electron chi connectivity index (χ0n) is 15.7. The van der Waals surface area contributed by atoms with Crippen molar-refractivity contribution in [1.82, 2.24) is 15.5 Å². The Morgan fingerprint density at radius 1 is 1.08 bits per heavy atom. The number of nitrogens with zero attached hydrogens (tertiary/aromatic N) is 2. The van der Waals surface area contributed by atoms with E-state index in [1.165, 1.54) is 18.2 Å². The predicted octanol–water partition coefficient (Wildman–Crippen LogP) is 3.24. The molecule has 0 amide bonds. The molecule has 0 saturated carbocycles. The fraction of sp³-hybridized carbons (Fsp3) is 0.350. The summed E-state index contributed by atoms with van der Waals surface area (Å²) >= 11 is 0. The molecule has 0 saturated heterocycles. The second kappa shape index (κ2) is 9.29. The molecule has 4 nitrogen and oxygen atoms in total. The van der Waals surface area contributed by atoms with Crippen molar-refractivity contribution in [3.63, 3.8) is 0 Å². The van der Waals surface area contributed by atoms with Crippen molar-refractivity contribution in [2.45, 2.75) is 19.5 Å². The molecule has 0 radical (unpaired) electrons. The Balaban J connectivity index is 1.95. The lowest BCUT2D eigenvalue weighted by Gasteiger charge is -2.26. The van der Waals surface area contributed by atoms with Crippen LogP contribution in [0.4, 0.5) is 8.78 Å². The van der Waals surface area contributed by atoms with Gasteiger partial charge in [0, 0.05) is 20.1 Å². The van der Waals surface area contributed by atoms with Gasteiger partial charge in [-0.25, -0.2) is 8.78 Å². The van der Waals surface area contributed by atoms with Crippen molar-refractivity contribution in [3.05, 3.63) is 70.8 Å². The van der Waals surface area contributed by atoms with Gasteiger partial charge in [-0.15, -0.1) is 0 Å². The molecular weight excluding hydrogens is 334 g/mol. The first kappa shape index (κ1) is 19.8. The highest BCUT2D eigenvalue weighted by atomic mass is 19.1. The zero-order valence-corrected chi connectivity index (χ0v) is 15.7. The van der Waals surface area contributed by atoms with Crippen molar-refractivity contribution in [2.75, 3.05) is 27.7 Å². The molecule has 0 heterocycles. The number of hydrogen-bond donors (Lipinski definition) is 2. The molecule has 2 N–H and O–H groups in total. The molecule has 0 aromatic heterocycles. The highest BCUT2D eigenvalue weighted by Gasteiger charge is 2.14. The number of rotatable bonds is 6. The number of aliphatic imine (C=N–C) groups is 1. The molecule has 26 heavy (non-hydrogen) atoms. The van der Waals surface area contributed by atoms with Crippen LogP contribution in [-0.4, -0.2) is 38.5 Å². The lowest BCUT2D eigenvalue weighted by Crippen LogP contribution is -2.41. The molecule has 0 aliphatic rings. The smallest absolute Gasteiger partial charge is 0.191 e. The van der Waals surface area contributed by atoms with Crippen molar-refractivity contribution >= 4 is 5.96 Å². The first-order valence-electron chi connectivity index (χ1n) is 8.52. The SMILES string of the molecule is CN=C(NCc1ccc(F)c(C)c1)NCC(c1ccc(F)cc1)N(C)C. The summed E-state index contributed by atoms with van der Waals surface area (Å²) in [4.78, 5) is 6.29. The van der Waals surface area contributed by atoms with E-state index in [9.17, 15) is 8.78 Å². The van der Waals surface area contributed by atoms with Gasteiger partial charge in [0.15, 0.2) is 5.96 Å². The van der Waals surface area contributed by atoms with Crippen LogP contribution in [0.2, 0.25) is 0 Å². The van der Waals surface area contributed by atoms with Crippen LogP contribution >= 0.6 is 0 Å². The van der Waals surface area contributed by atoms with E-state index in [2.05, 4.69) is 20.5 Å². The number of hydrogen-bond acceptors (Lipinski definition) is 2. The summed E-state index contributed by atoms with van der Waals surface area (Å²) in [5.41, 5.74) is 2.62. The maximum atomic E-state index is 13.4. The van der Waals surface area contributed by atoms with E-state index in [0.717, 1.165) is 11.1 Å². The number of benzene rings is 2. The van der Waals surface area contributed by atoms with Gasteiger partial charge in [-0.3, -0.25) is 4.99 Å². The summed E-state index contributed by atoms with van der Waals surface area (Å²) < 4.78 is 26.5. The monoisotopic (exact) mass is 360 g/mol. The molecular formula is C20H26F2N4. The van der Waals surface area contributed by atoms with Gasteiger partial charge in [-0.1, -0.05) is 24.3 Å². The van der Waals surface area contributed by atoms with Crippen LogP contribution in [0, 0.1) is 18.6 Å². The number of aryl methyl sites for hydroxylation is 1. The Bertz CT molecular complexity index is 742. The summed E-state index contributed by atoms with van der Waals surface area (Å²) in [6.07, 6.45) is 0. The third-order valence-corrected chi connectivity index (χ3v) is 4.25. The Labute approximate surface area is 153 Å². The quantitative estimate of drug-likeness (QED) is 0.614. The minimum atomic E-state index is -0.244. The van der Waals surface area contributed by atoms with Gasteiger partial charge in [0.25, 0.3) is 0 Å². The number of guanidine groups is 1. The van der Waals surface area contributed by atoms with Crippen molar-refractivity contribution < 1.29 is 8.78 Å². The summed E-state index contributed by atoms with van der Waals surface area (Å²) in [6, 6.07) is 11.6. The minimum absolute atomic E-state index is 0.0715. The molecule has 1 unspecified atom stereocenters. The topological polar surface area (TPSA) is 39.7 Å². The molecule has 140 valence electrons. The van der Waals surface area contributed by atoms with E-state index in [0.29, 0.717) is 24.6 Å². The van der Waals surface area contributed by atoms with E-state index in [1.54, 1.807) is 32.2 Å². The Morgan fingerprint density at radius 3 is 2.35 bits per heavy atom. The largest absolute Gasteiger partial charge is 0.354 e. The molecule has 0 fully saturated rings. The normalized spacial score (nSPS) is 13.0. The first-order chi connectivity index (χ1) is 12.4. The zero-order chi connectivity index (χ0) is 19.1. The molecule has 0 bridgehead atoms. The molecule has 0 aliphatic carbocycles. The highest BCUT2D eigenvalue weighted by Crippen LogP contribution is 2.17. The van der Waals surface area contributed by atoms with E-state index < -0.39 is 0 Å². The summed E-state index contributed by atoms with van der Waals surface area (Å²) in [5.74, 6) is 0.205. The van der Waals surface area contributed by atoms with Gasteiger partial charge in [0.05, 0.1) is 6.04 Å². The van der Waals surface area contributed by atoms with Gasteiger partial charge >= 0.3 is 0 Å². The van der Waals surface area contributed by atoms with E-state index in [4.69, 9.17) is 0 Å². The lowest BCUT2D eigenvalue weighted by molar-refractivity contribution is 0.298. The summed E-state index contributed by atoms with van der Waals surface area (Å²) in [6.45, 7) is 2.90. The first-order valence-corrected chi connectivity index (χ1v) is 8.52. The third-order valence-electron chi connectivity index (χ3n) is 4.25. The molecule has 2 aromatic carbocycles. The second-order valence-corrected chi connectivity index (χ2v) is 6.42.